The van der Waals surface area contributed by atoms with Gasteiger partial charge in [-0.1, -0.05) is 18.2 Å². The van der Waals surface area contributed by atoms with Crippen molar-refractivity contribution in [3.8, 4) is 11.3 Å². The molecule has 0 aliphatic rings. The Hall–Kier alpha value is -2.58. The number of halogens is 1. The molecule has 2 N–H and O–H groups in total. The van der Waals surface area contributed by atoms with Crippen LogP contribution in [0.4, 0.5) is 9.52 Å². The Morgan fingerprint density at radius 2 is 2.04 bits per heavy atom. The van der Waals surface area contributed by atoms with Gasteiger partial charge in [-0.3, -0.25) is 9.59 Å². The number of hydrogen-bond acceptors (Lipinski definition) is 5. The molecule has 0 unspecified atom stereocenters. The van der Waals surface area contributed by atoms with Gasteiger partial charge in [0, 0.05) is 23.9 Å². The number of anilines is 1. The summed E-state index contributed by atoms with van der Waals surface area (Å²) in [6.45, 7) is 0.241. The molecule has 2 amide bonds. The fourth-order valence-corrected chi connectivity index (χ4v) is 3.45. The summed E-state index contributed by atoms with van der Waals surface area (Å²) >= 11 is 2.61. The molecule has 0 aliphatic heterocycles. The maximum atomic E-state index is 13.2. The van der Waals surface area contributed by atoms with Crippen LogP contribution in [0.25, 0.3) is 11.3 Å². The van der Waals surface area contributed by atoms with Gasteiger partial charge >= 0.3 is 0 Å². The number of thiophene rings is 1. The molecule has 128 valence electrons. The monoisotopic (exact) mass is 375 g/mol. The van der Waals surface area contributed by atoms with E-state index in [0.29, 0.717) is 21.3 Å². The van der Waals surface area contributed by atoms with Crippen LogP contribution in [-0.4, -0.2) is 23.3 Å². The van der Waals surface area contributed by atoms with E-state index in [1.165, 1.54) is 34.8 Å². The van der Waals surface area contributed by atoms with E-state index in [9.17, 15) is 14.0 Å². The van der Waals surface area contributed by atoms with E-state index < -0.39 is 0 Å². The van der Waals surface area contributed by atoms with Crippen molar-refractivity contribution in [3.63, 3.8) is 0 Å². The van der Waals surface area contributed by atoms with Gasteiger partial charge in [-0.25, -0.2) is 9.37 Å². The maximum Gasteiger partial charge on any atom is 0.261 e. The van der Waals surface area contributed by atoms with Crippen molar-refractivity contribution < 1.29 is 14.0 Å². The minimum absolute atomic E-state index is 0.145. The summed E-state index contributed by atoms with van der Waals surface area (Å²) in [5.74, 6) is -0.769. The summed E-state index contributed by atoms with van der Waals surface area (Å²) < 4.78 is 13.2. The zero-order valence-electron chi connectivity index (χ0n) is 13.0. The first kappa shape index (κ1) is 17.2. The molecule has 0 aliphatic carbocycles. The molecule has 0 bridgehead atoms. The Morgan fingerprint density at radius 1 is 1.16 bits per heavy atom. The van der Waals surface area contributed by atoms with Crippen LogP contribution in [0.3, 0.4) is 0 Å². The van der Waals surface area contributed by atoms with Crippen LogP contribution in [-0.2, 0) is 4.79 Å². The third-order valence-electron chi connectivity index (χ3n) is 3.25. The van der Waals surface area contributed by atoms with Gasteiger partial charge in [0.2, 0.25) is 5.91 Å². The molecule has 0 saturated carbocycles. The van der Waals surface area contributed by atoms with Gasteiger partial charge in [0.25, 0.3) is 5.91 Å². The highest BCUT2D eigenvalue weighted by Crippen LogP contribution is 2.25. The third kappa shape index (κ3) is 4.71. The Bertz CT molecular complexity index is 878. The van der Waals surface area contributed by atoms with Crippen molar-refractivity contribution in [2.24, 2.45) is 0 Å². The second-order valence-corrected chi connectivity index (χ2v) is 6.89. The summed E-state index contributed by atoms with van der Waals surface area (Å²) in [4.78, 5) is 28.6. The van der Waals surface area contributed by atoms with Gasteiger partial charge in [-0.2, -0.15) is 0 Å². The summed E-state index contributed by atoms with van der Waals surface area (Å²) in [7, 11) is 0. The molecule has 2 heterocycles. The standard InChI is InChI=1S/C17H14FN3O2S2/c18-12-4-1-3-11(9-12)13-10-25-17(20-13)21-15(22)6-7-19-16(23)14-5-2-8-24-14/h1-5,8-10H,6-7H2,(H,19,23)(H,20,21,22). The van der Waals surface area contributed by atoms with E-state index in [2.05, 4.69) is 15.6 Å². The number of nitrogens with zero attached hydrogens (tertiary/aromatic N) is 1. The zero-order chi connectivity index (χ0) is 17.6. The number of hydrogen-bond donors (Lipinski definition) is 2. The molecule has 0 fully saturated rings. The van der Waals surface area contributed by atoms with Crippen LogP contribution in [0.15, 0.2) is 47.2 Å². The first-order valence-corrected chi connectivity index (χ1v) is 9.21. The van der Waals surface area contributed by atoms with E-state index in [4.69, 9.17) is 0 Å². The topological polar surface area (TPSA) is 71.1 Å². The van der Waals surface area contributed by atoms with Crippen LogP contribution >= 0.6 is 22.7 Å². The van der Waals surface area contributed by atoms with Gasteiger partial charge in [0.1, 0.15) is 5.82 Å². The molecule has 0 saturated heterocycles. The highest BCUT2D eigenvalue weighted by Gasteiger charge is 2.10. The fourth-order valence-electron chi connectivity index (χ4n) is 2.08. The van der Waals surface area contributed by atoms with Crippen LogP contribution < -0.4 is 10.6 Å². The molecular weight excluding hydrogens is 361 g/mol. The van der Waals surface area contributed by atoms with Crippen LogP contribution in [0.2, 0.25) is 0 Å². The lowest BCUT2D eigenvalue weighted by Crippen LogP contribution is -2.27. The van der Waals surface area contributed by atoms with Crippen molar-refractivity contribution in [1.29, 1.82) is 0 Å². The van der Waals surface area contributed by atoms with Crippen molar-refractivity contribution in [2.75, 3.05) is 11.9 Å². The first-order chi connectivity index (χ1) is 12.1. The number of rotatable bonds is 6. The zero-order valence-corrected chi connectivity index (χ0v) is 14.6. The van der Waals surface area contributed by atoms with E-state index in [-0.39, 0.29) is 30.6 Å². The molecule has 1 aromatic carbocycles. The van der Waals surface area contributed by atoms with Crippen molar-refractivity contribution in [2.45, 2.75) is 6.42 Å². The lowest BCUT2D eigenvalue weighted by Gasteiger charge is -2.03. The second-order valence-electron chi connectivity index (χ2n) is 5.08. The number of nitrogens with one attached hydrogen (secondary N) is 2. The second kappa shape index (κ2) is 8.00. The lowest BCUT2D eigenvalue weighted by atomic mass is 10.2. The van der Waals surface area contributed by atoms with E-state index in [1.54, 1.807) is 29.6 Å². The van der Waals surface area contributed by atoms with E-state index >= 15 is 0 Å². The normalized spacial score (nSPS) is 10.4. The van der Waals surface area contributed by atoms with Crippen molar-refractivity contribution in [3.05, 3.63) is 57.9 Å². The fraction of sp³-hybridized carbons (Fsp3) is 0.118. The molecule has 3 aromatic rings. The number of benzene rings is 1. The number of thiazole rings is 1. The van der Waals surface area contributed by atoms with Gasteiger partial charge in [0.15, 0.2) is 5.13 Å². The minimum Gasteiger partial charge on any atom is -0.351 e. The molecular formula is C17H14FN3O2S2. The average molecular weight is 375 g/mol. The predicted molar refractivity (Wildman–Crippen MR) is 97.4 cm³/mol. The van der Waals surface area contributed by atoms with Gasteiger partial charge in [0.05, 0.1) is 10.6 Å². The number of carbonyl (C=O) groups is 2. The minimum atomic E-state index is -0.336. The summed E-state index contributed by atoms with van der Waals surface area (Å²) in [6.07, 6.45) is 0.145. The quantitative estimate of drug-likeness (QED) is 0.689. The van der Waals surface area contributed by atoms with Gasteiger partial charge in [-0.05, 0) is 23.6 Å². The van der Waals surface area contributed by atoms with Crippen LogP contribution in [0, 0.1) is 5.82 Å². The molecule has 8 heteroatoms. The third-order valence-corrected chi connectivity index (χ3v) is 4.88. The number of carbonyl (C=O) groups excluding carboxylic acids is 2. The summed E-state index contributed by atoms with van der Waals surface area (Å²) in [5.41, 5.74) is 1.26. The largest absolute Gasteiger partial charge is 0.351 e. The molecule has 0 atom stereocenters. The molecule has 25 heavy (non-hydrogen) atoms. The highest BCUT2D eigenvalue weighted by atomic mass is 32.1. The number of aromatic nitrogens is 1. The van der Waals surface area contributed by atoms with Gasteiger partial charge < -0.3 is 10.6 Å². The van der Waals surface area contributed by atoms with E-state index in [1.807, 2.05) is 5.38 Å². The maximum absolute atomic E-state index is 13.2. The Morgan fingerprint density at radius 3 is 2.80 bits per heavy atom. The van der Waals surface area contributed by atoms with Crippen molar-refractivity contribution >= 4 is 39.6 Å². The first-order valence-electron chi connectivity index (χ1n) is 7.45. The molecule has 3 rings (SSSR count). The molecule has 5 nitrogen and oxygen atoms in total. The van der Waals surface area contributed by atoms with E-state index in [0.717, 1.165) is 0 Å². The van der Waals surface area contributed by atoms with Crippen molar-refractivity contribution in [1.82, 2.24) is 10.3 Å². The number of amides is 2. The Balaban J connectivity index is 1.49. The Kier molecular flexibility index (Phi) is 5.52. The summed E-state index contributed by atoms with van der Waals surface area (Å²) in [6, 6.07) is 9.64. The lowest BCUT2D eigenvalue weighted by molar-refractivity contribution is -0.116. The smallest absolute Gasteiger partial charge is 0.261 e. The van der Waals surface area contributed by atoms with Gasteiger partial charge in [-0.15, -0.1) is 22.7 Å². The SMILES string of the molecule is O=C(CCNC(=O)c1cccs1)Nc1nc(-c2cccc(F)c2)cs1. The molecule has 2 aromatic heterocycles. The highest BCUT2D eigenvalue weighted by molar-refractivity contribution is 7.14. The summed E-state index contributed by atoms with van der Waals surface area (Å²) in [5, 5.41) is 9.38. The average Bonchev–Trinajstić information content (AvgIpc) is 3.26. The molecule has 0 radical (unpaired) electrons. The molecule has 0 spiro atoms. The predicted octanol–water partition coefficient (Wildman–Crippen LogP) is 3.77. The van der Waals surface area contributed by atoms with Crippen LogP contribution in [0.1, 0.15) is 16.1 Å². The Labute approximate surface area is 151 Å². The van der Waals surface area contributed by atoms with Crippen LogP contribution in [0.5, 0.6) is 0 Å².